The number of carboxylic acid groups (broad SMARTS) is 1. The molecule has 4 nitrogen and oxygen atoms in total. The number of ether oxygens (including phenoxy) is 2. The molecule has 0 saturated carbocycles. The molecule has 0 fully saturated rings. The van der Waals surface area contributed by atoms with Gasteiger partial charge in [0.05, 0.1) is 7.11 Å². The number of aromatic carboxylic acids is 1. The molecule has 0 amide bonds. The quantitative estimate of drug-likeness (QED) is 0.894. The van der Waals surface area contributed by atoms with E-state index in [4.69, 9.17) is 14.6 Å². The van der Waals surface area contributed by atoms with Crippen molar-refractivity contribution >= 4 is 5.97 Å². The fourth-order valence-corrected chi connectivity index (χ4v) is 1.32. The third-order valence-corrected chi connectivity index (χ3v) is 2.94. The second kappa shape index (κ2) is 5.29. The number of hydrogen-bond donors (Lipinski definition) is 1. The summed E-state index contributed by atoms with van der Waals surface area (Å²) in [7, 11) is 1.50. The van der Waals surface area contributed by atoms with Crippen molar-refractivity contribution in [2.75, 3.05) is 7.11 Å². The Balaban J connectivity index is 3.17. The van der Waals surface area contributed by atoms with Crippen LogP contribution in [0.4, 0.5) is 0 Å². The summed E-state index contributed by atoms with van der Waals surface area (Å²) in [5.41, 5.74) is 0.0295. The van der Waals surface area contributed by atoms with Crippen molar-refractivity contribution in [1.82, 2.24) is 0 Å². The van der Waals surface area contributed by atoms with Crippen molar-refractivity contribution < 1.29 is 19.4 Å². The van der Waals surface area contributed by atoms with E-state index in [1.165, 1.54) is 13.2 Å². The van der Waals surface area contributed by atoms with Crippen LogP contribution in [0.3, 0.4) is 0 Å². The summed E-state index contributed by atoms with van der Waals surface area (Å²) in [6.45, 7) is 8.02. The van der Waals surface area contributed by atoms with E-state index in [1.54, 1.807) is 12.1 Å². The summed E-state index contributed by atoms with van der Waals surface area (Å²) in [5.74, 6) is -0.300. The van der Waals surface area contributed by atoms with E-state index >= 15 is 0 Å². The number of hydrogen-bond acceptors (Lipinski definition) is 3. The van der Waals surface area contributed by atoms with Gasteiger partial charge in [-0.2, -0.15) is 0 Å². The molecule has 0 aliphatic rings. The Morgan fingerprint density at radius 3 is 2.39 bits per heavy atom. The van der Waals surface area contributed by atoms with Gasteiger partial charge < -0.3 is 14.6 Å². The van der Waals surface area contributed by atoms with E-state index in [0.29, 0.717) is 5.75 Å². The highest BCUT2D eigenvalue weighted by molar-refractivity contribution is 5.92. The first-order valence-corrected chi connectivity index (χ1v) is 5.84. The third kappa shape index (κ3) is 3.15. The predicted octanol–water partition coefficient (Wildman–Crippen LogP) is 3.21. The summed E-state index contributed by atoms with van der Waals surface area (Å²) in [6, 6.07) is 4.84. The Hall–Kier alpha value is -1.71. The minimum Gasteiger partial charge on any atom is -0.493 e. The smallest absolute Gasteiger partial charge is 0.339 e. The van der Waals surface area contributed by atoms with Crippen LogP contribution in [0.15, 0.2) is 18.2 Å². The topological polar surface area (TPSA) is 55.8 Å². The van der Waals surface area contributed by atoms with Gasteiger partial charge >= 0.3 is 5.97 Å². The number of benzene rings is 1. The second-order valence-corrected chi connectivity index (χ2v) is 5.27. The molecule has 1 N–H and O–H groups in total. The summed E-state index contributed by atoms with van der Waals surface area (Å²) < 4.78 is 10.9. The fourth-order valence-electron chi connectivity index (χ4n) is 1.32. The van der Waals surface area contributed by atoms with Crippen LogP contribution < -0.4 is 9.47 Å². The van der Waals surface area contributed by atoms with Crippen LogP contribution in [0, 0.1) is 5.41 Å². The minimum atomic E-state index is -1.02. The van der Waals surface area contributed by atoms with Gasteiger partial charge in [0.25, 0.3) is 0 Å². The van der Waals surface area contributed by atoms with Gasteiger partial charge in [-0.15, -0.1) is 0 Å². The van der Waals surface area contributed by atoms with E-state index < -0.39 is 5.97 Å². The van der Waals surface area contributed by atoms with Crippen LogP contribution in [0.1, 0.15) is 38.1 Å². The molecule has 0 radical (unpaired) electrons. The molecule has 1 rings (SSSR count). The largest absolute Gasteiger partial charge is 0.493 e. The Morgan fingerprint density at radius 1 is 1.33 bits per heavy atom. The molecule has 0 aliphatic heterocycles. The normalized spacial score (nSPS) is 12.9. The highest BCUT2D eigenvalue weighted by atomic mass is 16.5. The lowest BCUT2D eigenvalue weighted by molar-refractivity contribution is 0.0669. The SMILES string of the molecule is COc1cccc(C(=O)O)c1OC(C)C(C)(C)C. The highest BCUT2D eigenvalue weighted by Gasteiger charge is 2.25. The molecule has 18 heavy (non-hydrogen) atoms. The molecule has 1 unspecified atom stereocenters. The predicted molar refractivity (Wildman–Crippen MR) is 69.5 cm³/mol. The number of carbonyl (C=O) groups is 1. The number of carboxylic acids is 1. The molecule has 0 heterocycles. The first kappa shape index (κ1) is 14.4. The maximum Gasteiger partial charge on any atom is 0.339 e. The van der Waals surface area contributed by atoms with Gasteiger partial charge in [0.15, 0.2) is 11.5 Å². The van der Waals surface area contributed by atoms with Crippen molar-refractivity contribution in [2.24, 2.45) is 5.41 Å². The van der Waals surface area contributed by atoms with Crippen molar-refractivity contribution in [3.63, 3.8) is 0 Å². The Bertz CT molecular complexity index is 432. The molecular formula is C14H20O4. The maximum atomic E-state index is 11.2. The molecule has 1 aromatic rings. The first-order chi connectivity index (χ1) is 8.27. The van der Waals surface area contributed by atoms with Crippen LogP contribution >= 0.6 is 0 Å². The average Bonchev–Trinajstić information content (AvgIpc) is 2.27. The Morgan fingerprint density at radius 2 is 1.94 bits per heavy atom. The number of methoxy groups -OCH3 is 1. The van der Waals surface area contributed by atoms with Crippen LogP contribution in [-0.4, -0.2) is 24.3 Å². The van der Waals surface area contributed by atoms with Gasteiger partial charge in [0.1, 0.15) is 11.7 Å². The minimum absolute atomic E-state index is 0.0867. The van der Waals surface area contributed by atoms with Gasteiger partial charge in [-0.3, -0.25) is 0 Å². The van der Waals surface area contributed by atoms with Crippen LogP contribution in [0.5, 0.6) is 11.5 Å². The zero-order valence-electron chi connectivity index (χ0n) is 11.5. The maximum absolute atomic E-state index is 11.2. The number of para-hydroxylation sites is 1. The third-order valence-electron chi connectivity index (χ3n) is 2.94. The molecule has 1 aromatic carbocycles. The zero-order valence-corrected chi connectivity index (χ0v) is 11.5. The molecule has 0 bridgehead atoms. The average molecular weight is 252 g/mol. The molecule has 0 saturated heterocycles. The molecule has 100 valence electrons. The van der Waals surface area contributed by atoms with E-state index in [0.717, 1.165) is 0 Å². The Kier molecular flexibility index (Phi) is 4.22. The van der Waals surface area contributed by atoms with E-state index in [1.807, 2.05) is 27.7 Å². The van der Waals surface area contributed by atoms with Crippen molar-refractivity contribution in [3.8, 4) is 11.5 Å². The fraction of sp³-hybridized carbons (Fsp3) is 0.500. The lowest BCUT2D eigenvalue weighted by Gasteiger charge is -2.29. The van der Waals surface area contributed by atoms with Crippen molar-refractivity contribution in [3.05, 3.63) is 23.8 Å². The standard InChI is InChI=1S/C14H20O4/c1-9(14(2,3)4)18-12-10(13(15)16)7-6-8-11(12)17-5/h6-9H,1-5H3,(H,15,16). The van der Waals surface area contributed by atoms with E-state index in [-0.39, 0.29) is 22.8 Å². The Labute approximate surface area is 108 Å². The second-order valence-electron chi connectivity index (χ2n) is 5.27. The van der Waals surface area contributed by atoms with Crippen molar-refractivity contribution in [2.45, 2.75) is 33.8 Å². The van der Waals surface area contributed by atoms with E-state index in [9.17, 15) is 4.79 Å². The highest BCUT2D eigenvalue weighted by Crippen LogP contribution is 2.34. The van der Waals surface area contributed by atoms with Crippen molar-refractivity contribution in [1.29, 1.82) is 0 Å². The van der Waals surface area contributed by atoms with Crippen LogP contribution in [0.25, 0.3) is 0 Å². The zero-order chi connectivity index (χ0) is 13.9. The van der Waals surface area contributed by atoms with Crippen LogP contribution in [0.2, 0.25) is 0 Å². The van der Waals surface area contributed by atoms with Gasteiger partial charge in [-0.1, -0.05) is 26.8 Å². The monoisotopic (exact) mass is 252 g/mol. The lowest BCUT2D eigenvalue weighted by Crippen LogP contribution is -2.29. The molecular weight excluding hydrogens is 232 g/mol. The van der Waals surface area contributed by atoms with Gasteiger partial charge in [0, 0.05) is 0 Å². The van der Waals surface area contributed by atoms with Gasteiger partial charge in [0.2, 0.25) is 0 Å². The number of rotatable bonds is 4. The molecule has 1 atom stereocenters. The summed E-state index contributed by atoms with van der Waals surface area (Å²) in [6.07, 6.45) is -0.133. The first-order valence-electron chi connectivity index (χ1n) is 5.84. The molecule has 4 heteroatoms. The summed E-state index contributed by atoms with van der Waals surface area (Å²) in [5, 5.41) is 9.17. The molecule has 0 aromatic heterocycles. The summed E-state index contributed by atoms with van der Waals surface area (Å²) >= 11 is 0. The van der Waals surface area contributed by atoms with Crippen LogP contribution in [-0.2, 0) is 0 Å². The van der Waals surface area contributed by atoms with Gasteiger partial charge in [-0.25, -0.2) is 4.79 Å². The molecule has 0 spiro atoms. The lowest BCUT2D eigenvalue weighted by atomic mass is 9.90. The summed E-state index contributed by atoms with van der Waals surface area (Å²) in [4.78, 5) is 11.2. The van der Waals surface area contributed by atoms with Gasteiger partial charge in [-0.05, 0) is 24.5 Å². The molecule has 0 aliphatic carbocycles. The van der Waals surface area contributed by atoms with E-state index in [2.05, 4.69) is 0 Å².